The van der Waals surface area contributed by atoms with E-state index in [4.69, 9.17) is 4.74 Å². The van der Waals surface area contributed by atoms with Crippen molar-refractivity contribution in [2.24, 2.45) is 0 Å². The lowest BCUT2D eigenvalue weighted by Gasteiger charge is -2.16. The zero-order valence-electron chi connectivity index (χ0n) is 14.1. The maximum atomic E-state index is 12.1. The second-order valence-corrected chi connectivity index (χ2v) is 6.75. The van der Waals surface area contributed by atoms with E-state index in [1.165, 1.54) is 0 Å². The van der Waals surface area contributed by atoms with Crippen molar-refractivity contribution >= 4 is 45.8 Å². The summed E-state index contributed by atoms with van der Waals surface area (Å²) in [6, 6.07) is 14.6. The number of nitrogens with zero attached hydrogens (tertiary/aromatic N) is 1. The van der Waals surface area contributed by atoms with E-state index in [-0.39, 0.29) is 24.9 Å². The van der Waals surface area contributed by atoms with Crippen molar-refractivity contribution in [1.29, 1.82) is 0 Å². The van der Waals surface area contributed by atoms with Gasteiger partial charge in [-0.3, -0.25) is 14.5 Å². The monoisotopic (exact) mass is 453 g/mol. The molecule has 2 amide bonds. The molecule has 132 valence electrons. The Balaban J connectivity index is 1.80. The number of benzene rings is 2. The van der Waals surface area contributed by atoms with Crippen LogP contribution < -0.4 is 15.4 Å². The molecule has 7 heteroatoms. The minimum absolute atomic E-state index is 0.108. The van der Waals surface area contributed by atoms with Crippen LogP contribution in [0.25, 0.3) is 0 Å². The van der Waals surface area contributed by atoms with E-state index in [2.05, 4.69) is 33.2 Å². The number of rotatable bonds is 7. The zero-order valence-corrected chi connectivity index (χ0v) is 16.2. The van der Waals surface area contributed by atoms with E-state index in [1.807, 2.05) is 24.3 Å². The lowest BCUT2D eigenvalue weighted by molar-refractivity contribution is -0.119. The lowest BCUT2D eigenvalue weighted by Crippen LogP contribution is -2.36. The molecule has 2 N–H and O–H groups in total. The fourth-order valence-corrected chi connectivity index (χ4v) is 2.54. The molecule has 0 heterocycles. The molecule has 0 unspecified atom stereocenters. The molecule has 0 fully saturated rings. The first kappa shape index (κ1) is 19.2. The number of methoxy groups -OCH3 is 1. The van der Waals surface area contributed by atoms with Gasteiger partial charge in [-0.2, -0.15) is 0 Å². The lowest BCUT2D eigenvalue weighted by atomic mass is 10.3. The fourth-order valence-electron chi connectivity index (χ4n) is 2.18. The Hall–Kier alpha value is -2.13. The Kier molecular flexibility index (Phi) is 7.20. The highest BCUT2D eigenvalue weighted by Gasteiger charge is 2.11. The molecular weight excluding hydrogens is 433 g/mol. The van der Waals surface area contributed by atoms with Crippen molar-refractivity contribution < 1.29 is 14.3 Å². The number of likely N-dealkylation sites (N-methyl/N-ethyl adjacent to an activating group) is 1. The summed E-state index contributed by atoms with van der Waals surface area (Å²) in [5.74, 6) is 0.304. The smallest absolute Gasteiger partial charge is 0.238 e. The van der Waals surface area contributed by atoms with Crippen molar-refractivity contribution in [2.75, 3.05) is 37.9 Å². The maximum Gasteiger partial charge on any atom is 0.238 e. The fraction of sp³-hybridized carbons (Fsp3) is 0.222. The first-order chi connectivity index (χ1) is 12.0. The van der Waals surface area contributed by atoms with Crippen molar-refractivity contribution in [3.05, 3.63) is 52.1 Å². The molecule has 0 radical (unpaired) electrons. The van der Waals surface area contributed by atoms with Gasteiger partial charge < -0.3 is 15.4 Å². The molecule has 0 bridgehead atoms. The minimum Gasteiger partial charge on any atom is -0.497 e. The Bertz CT molecular complexity index is 735. The van der Waals surface area contributed by atoms with E-state index in [9.17, 15) is 9.59 Å². The molecule has 6 nitrogen and oxygen atoms in total. The first-order valence-corrected chi connectivity index (χ1v) is 8.72. The Morgan fingerprint density at radius 1 is 1.00 bits per heavy atom. The number of amides is 2. The van der Waals surface area contributed by atoms with Crippen LogP contribution in [0.1, 0.15) is 0 Å². The molecule has 2 aromatic rings. The molecule has 25 heavy (non-hydrogen) atoms. The van der Waals surface area contributed by atoms with Crippen LogP contribution in [0, 0.1) is 3.57 Å². The topological polar surface area (TPSA) is 70.7 Å². The van der Waals surface area contributed by atoms with Crippen molar-refractivity contribution in [3.63, 3.8) is 0 Å². The third-order valence-electron chi connectivity index (χ3n) is 3.31. The number of carbonyl (C=O) groups excluding carboxylic acids is 2. The number of ether oxygens (including phenoxy) is 1. The minimum atomic E-state index is -0.196. The Morgan fingerprint density at radius 3 is 2.20 bits per heavy atom. The standard InChI is InChI=1S/C18H20IN3O3/c1-22(11-17(23)20-14-8-6-13(19)7-9-14)12-18(24)21-15-4-3-5-16(10-15)25-2/h3-10H,11-12H2,1-2H3,(H,20,23)(H,21,24). The first-order valence-electron chi connectivity index (χ1n) is 7.64. The van der Waals surface area contributed by atoms with E-state index in [1.54, 1.807) is 43.3 Å². The van der Waals surface area contributed by atoms with E-state index in [0.717, 1.165) is 9.26 Å². The summed E-state index contributed by atoms with van der Waals surface area (Å²) in [7, 11) is 3.29. The molecule has 0 aliphatic heterocycles. The highest BCUT2D eigenvalue weighted by molar-refractivity contribution is 14.1. The number of carbonyl (C=O) groups is 2. The third kappa shape index (κ3) is 6.71. The third-order valence-corrected chi connectivity index (χ3v) is 4.03. The van der Waals surface area contributed by atoms with Crippen LogP contribution in [0.15, 0.2) is 48.5 Å². The summed E-state index contributed by atoms with van der Waals surface area (Å²) in [5.41, 5.74) is 1.39. The molecule has 2 aromatic carbocycles. The van der Waals surface area contributed by atoms with Gasteiger partial charge in [-0.25, -0.2) is 0 Å². The number of halogens is 1. The van der Waals surface area contributed by atoms with E-state index < -0.39 is 0 Å². The summed E-state index contributed by atoms with van der Waals surface area (Å²) in [5, 5.41) is 5.59. The summed E-state index contributed by atoms with van der Waals surface area (Å²) < 4.78 is 6.22. The molecule has 2 rings (SSSR count). The average molecular weight is 453 g/mol. The number of nitrogens with one attached hydrogen (secondary N) is 2. The van der Waals surface area contributed by atoms with Gasteiger partial charge in [0.2, 0.25) is 11.8 Å². The summed E-state index contributed by atoms with van der Waals surface area (Å²) in [6.45, 7) is 0.231. The quantitative estimate of drug-likeness (QED) is 0.633. The number of hydrogen-bond acceptors (Lipinski definition) is 4. The van der Waals surface area contributed by atoms with Crippen LogP contribution in [0.3, 0.4) is 0 Å². The molecule has 0 saturated heterocycles. The normalized spacial score (nSPS) is 10.4. The molecular formula is C18H20IN3O3. The molecule has 0 aromatic heterocycles. The summed E-state index contributed by atoms with van der Waals surface area (Å²) in [6.07, 6.45) is 0. The second kappa shape index (κ2) is 9.38. The molecule has 0 saturated carbocycles. The summed E-state index contributed by atoms with van der Waals surface area (Å²) in [4.78, 5) is 25.8. The van der Waals surface area contributed by atoms with Crippen LogP contribution in [0.5, 0.6) is 5.75 Å². The molecule has 0 atom stereocenters. The van der Waals surface area contributed by atoms with Gasteiger partial charge in [0.1, 0.15) is 5.75 Å². The second-order valence-electron chi connectivity index (χ2n) is 5.51. The van der Waals surface area contributed by atoms with Crippen LogP contribution in [0.2, 0.25) is 0 Å². The van der Waals surface area contributed by atoms with Crippen LogP contribution in [-0.4, -0.2) is 44.0 Å². The maximum absolute atomic E-state index is 12.1. The van der Waals surface area contributed by atoms with Crippen molar-refractivity contribution in [3.8, 4) is 5.75 Å². The van der Waals surface area contributed by atoms with Gasteiger partial charge in [0.05, 0.1) is 20.2 Å². The van der Waals surface area contributed by atoms with Crippen LogP contribution in [0.4, 0.5) is 11.4 Å². The highest BCUT2D eigenvalue weighted by Crippen LogP contribution is 2.16. The largest absolute Gasteiger partial charge is 0.497 e. The van der Waals surface area contributed by atoms with Gasteiger partial charge in [-0.15, -0.1) is 0 Å². The van der Waals surface area contributed by atoms with E-state index >= 15 is 0 Å². The Labute approximate surface area is 160 Å². The number of hydrogen-bond donors (Lipinski definition) is 2. The zero-order chi connectivity index (χ0) is 18.2. The average Bonchev–Trinajstić information content (AvgIpc) is 2.56. The van der Waals surface area contributed by atoms with E-state index in [0.29, 0.717) is 11.4 Å². The summed E-state index contributed by atoms with van der Waals surface area (Å²) >= 11 is 2.20. The molecule has 0 aliphatic carbocycles. The van der Waals surface area contributed by atoms with Crippen LogP contribution in [-0.2, 0) is 9.59 Å². The SMILES string of the molecule is COc1cccc(NC(=O)CN(C)CC(=O)Nc2ccc(I)cc2)c1. The van der Waals surface area contributed by atoms with Crippen LogP contribution >= 0.6 is 22.6 Å². The predicted octanol–water partition coefficient (Wildman–Crippen LogP) is 2.81. The highest BCUT2D eigenvalue weighted by atomic mass is 127. The van der Waals surface area contributed by atoms with Gasteiger partial charge in [0, 0.05) is 21.0 Å². The number of anilines is 2. The van der Waals surface area contributed by atoms with Gasteiger partial charge in [0.25, 0.3) is 0 Å². The van der Waals surface area contributed by atoms with Gasteiger partial charge >= 0.3 is 0 Å². The van der Waals surface area contributed by atoms with Crippen molar-refractivity contribution in [1.82, 2.24) is 4.90 Å². The van der Waals surface area contributed by atoms with Gasteiger partial charge in [-0.05, 0) is 66.0 Å². The van der Waals surface area contributed by atoms with Crippen molar-refractivity contribution in [2.45, 2.75) is 0 Å². The van der Waals surface area contributed by atoms with Gasteiger partial charge in [-0.1, -0.05) is 6.07 Å². The predicted molar refractivity (Wildman–Crippen MR) is 107 cm³/mol. The van der Waals surface area contributed by atoms with Gasteiger partial charge in [0.15, 0.2) is 0 Å². The Morgan fingerprint density at radius 2 is 1.60 bits per heavy atom. The molecule has 0 spiro atoms. The molecule has 0 aliphatic rings.